The lowest BCUT2D eigenvalue weighted by atomic mass is 9.37. The van der Waals surface area contributed by atoms with Gasteiger partial charge in [-0.05, 0) is 55.9 Å². The molecule has 5 aromatic rings. The molecule has 2 aliphatic rings. The summed E-state index contributed by atoms with van der Waals surface area (Å²) in [5.74, 6) is 1.15. The second-order valence-electron chi connectivity index (χ2n) is 12.1. The maximum absolute atomic E-state index is 5.38. The predicted octanol–water partition coefficient (Wildman–Crippen LogP) is 5.58. The molecule has 3 heteroatoms. The Labute approximate surface area is 201 Å². The summed E-state index contributed by atoms with van der Waals surface area (Å²) >= 11 is 0. The molecular weight excluding hydrogens is 411 g/mol. The Hall–Kier alpha value is -3.33. The molecule has 0 bridgehead atoms. The molecule has 166 valence electrons. The molecule has 0 radical (unpaired) electrons. The number of benzene rings is 4. The maximum atomic E-state index is 5.38. The monoisotopic (exact) mass is 440 g/mol. The predicted molar refractivity (Wildman–Crippen MR) is 146 cm³/mol. The second kappa shape index (κ2) is 6.21. The van der Waals surface area contributed by atoms with Crippen molar-refractivity contribution in [2.75, 3.05) is 0 Å². The van der Waals surface area contributed by atoms with Gasteiger partial charge < -0.3 is 0 Å². The van der Waals surface area contributed by atoms with Crippen LogP contribution >= 0.6 is 0 Å². The normalized spacial score (nSPS) is 14.1. The van der Waals surface area contributed by atoms with Gasteiger partial charge in [0.05, 0.1) is 11.0 Å². The van der Waals surface area contributed by atoms with E-state index in [1.807, 2.05) is 0 Å². The molecular formula is C31H29BN2. The van der Waals surface area contributed by atoms with Crippen molar-refractivity contribution in [2.45, 2.75) is 52.4 Å². The summed E-state index contributed by atoms with van der Waals surface area (Å²) in [5, 5.41) is 2.62. The van der Waals surface area contributed by atoms with Crippen LogP contribution in [0, 0.1) is 0 Å². The lowest BCUT2D eigenvalue weighted by molar-refractivity contribution is 0.539. The van der Waals surface area contributed by atoms with E-state index in [0.29, 0.717) is 0 Å². The SMILES string of the molecule is CC(C)(C)c1ccc2c3c1nc(C(C)(C)C)n3-c1cccc3c1B2c1cc2ccccc2cc1-3. The highest BCUT2D eigenvalue weighted by Gasteiger charge is 2.43. The van der Waals surface area contributed by atoms with Crippen LogP contribution in [0.3, 0.4) is 0 Å². The minimum Gasteiger partial charge on any atom is -0.297 e. The van der Waals surface area contributed by atoms with Crippen LogP contribution in [0.4, 0.5) is 0 Å². The third-order valence-corrected chi connectivity index (χ3v) is 7.76. The summed E-state index contributed by atoms with van der Waals surface area (Å²) in [6, 6.07) is 25.2. The third kappa shape index (κ3) is 2.45. The maximum Gasteiger partial charge on any atom is 0.248 e. The molecule has 3 heterocycles. The minimum absolute atomic E-state index is 0.0266. The zero-order valence-electron chi connectivity index (χ0n) is 20.8. The van der Waals surface area contributed by atoms with Crippen molar-refractivity contribution in [3.05, 3.63) is 78.1 Å². The van der Waals surface area contributed by atoms with Gasteiger partial charge in [-0.15, -0.1) is 0 Å². The number of hydrogen-bond donors (Lipinski definition) is 0. The van der Waals surface area contributed by atoms with Crippen molar-refractivity contribution in [3.8, 4) is 16.8 Å². The Kier molecular flexibility index (Phi) is 3.67. The molecule has 34 heavy (non-hydrogen) atoms. The van der Waals surface area contributed by atoms with Crippen LogP contribution in [-0.4, -0.2) is 16.3 Å². The third-order valence-electron chi connectivity index (χ3n) is 7.76. The Bertz CT molecular complexity index is 1670. The Balaban J connectivity index is 1.67. The first-order valence-electron chi connectivity index (χ1n) is 12.4. The number of imidazole rings is 1. The van der Waals surface area contributed by atoms with Gasteiger partial charge in [-0.1, -0.05) is 102 Å². The molecule has 0 aliphatic carbocycles. The van der Waals surface area contributed by atoms with Crippen LogP contribution in [0.25, 0.3) is 38.6 Å². The van der Waals surface area contributed by atoms with Crippen molar-refractivity contribution < 1.29 is 0 Å². The van der Waals surface area contributed by atoms with E-state index >= 15 is 0 Å². The van der Waals surface area contributed by atoms with E-state index < -0.39 is 0 Å². The van der Waals surface area contributed by atoms with Gasteiger partial charge in [-0.2, -0.15) is 0 Å². The Morgan fingerprint density at radius 3 is 2.15 bits per heavy atom. The number of fused-ring (bicyclic) bond motifs is 6. The molecule has 4 aromatic carbocycles. The van der Waals surface area contributed by atoms with Gasteiger partial charge in [0.1, 0.15) is 5.82 Å². The van der Waals surface area contributed by atoms with Crippen LogP contribution in [0.1, 0.15) is 52.9 Å². The van der Waals surface area contributed by atoms with Gasteiger partial charge in [0, 0.05) is 11.1 Å². The number of hydrogen-bond acceptors (Lipinski definition) is 1. The number of aromatic nitrogens is 2. The fourth-order valence-corrected chi connectivity index (χ4v) is 6.28. The van der Waals surface area contributed by atoms with Crippen molar-refractivity contribution in [1.29, 1.82) is 0 Å². The van der Waals surface area contributed by atoms with Crippen LogP contribution in [0.2, 0.25) is 0 Å². The van der Waals surface area contributed by atoms with Crippen LogP contribution in [0.15, 0.2) is 66.7 Å². The average Bonchev–Trinajstić information content (AvgIpc) is 3.33. The molecule has 1 aromatic heterocycles. The molecule has 0 amide bonds. The second-order valence-corrected chi connectivity index (χ2v) is 12.1. The number of rotatable bonds is 0. The molecule has 2 aliphatic heterocycles. The standard InChI is InChI=1S/C31H29BN2/c1-30(2,3)22-14-15-23-28-27(22)33-29(31(4,5)6)34(28)25-13-9-12-20-21-16-18-10-7-8-11-19(18)17-24(21)32(23)26(20)25/h7-17H,1-6H3. The largest absolute Gasteiger partial charge is 0.297 e. The summed E-state index contributed by atoms with van der Waals surface area (Å²) in [7, 11) is 0. The summed E-state index contributed by atoms with van der Waals surface area (Å²) in [6.07, 6.45) is 0. The van der Waals surface area contributed by atoms with Crippen molar-refractivity contribution in [2.24, 2.45) is 0 Å². The molecule has 0 saturated heterocycles. The highest BCUT2D eigenvalue weighted by Crippen LogP contribution is 2.39. The van der Waals surface area contributed by atoms with E-state index in [-0.39, 0.29) is 17.5 Å². The molecule has 7 rings (SSSR count). The van der Waals surface area contributed by atoms with E-state index in [1.54, 1.807) is 0 Å². The first-order valence-corrected chi connectivity index (χ1v) is 12.4. The molecule has 0 spiro atoms. The lowest BCUT2D eigenvalue weighted by Crippen LogP contribution is -2.53. The van der Waals surface area contributed by atoms with Gasteiger partial charge in [0.2, 0.25) is 6.71 Å². The molecule has 0 fully saturated rings. The first kappa shape index (κ1) is 20.1. The molecule has 2 nitrogen and oxygen atoms in total. The first-order chi connectivity index (χ1) is 16.1. The van der Waals surface area contributed by atoms with Crippen molar-refractivity contribution in [3.63, 3.8) is 0 Å². The van der Waals surface area contributed by atoms with Gasteiger partial charge in [0.25, 0.3) is 0 Å². The van der Waals surface area contributed by atoms with Crippen molar-refractivity contribution in [1.82, 2.24) is 9.55 Å². The van der Waals surface area contributed by atoms with Crippen LogP contribution in [0.5, 0.6) is 0 Å². The van der Waals surface area contributed by atoms with E-state index in [9.17, 15) is 0 Å². The van der Waals surface area contributed by atoms with E-state index in [2.05, 4.69) is 113 Å². The quantitative estimate of drug-likeness (QED) is 0.282. The topological polar surface area (TPSA) is 17.8 Å². The molecule has 0 N–H and O–H groups in total. The smallest absolute Gasteiger partial charge is 0.248 e. The van der Waals surface area contributed by atoms with Crippen LogP contribution < -0.4 is 16.4 Å². The zero-order valence-corrected chi connectivity index (χ0v) is 20.8. The molecule has 0 saturated carbocycles. The molecule has 0 unspecified atom stereocenters. The van der Waals surface area contributed by atoms with E-state index in [1.165, 1.54) is 60.6 Å². The van der Waals surface area contributed by atoms with Gasteiger partial charge >= 0.3 is 0 Å². The van der Waals surface area contributed by atoms with E-state index in [4.69, 9.17) is 4.98 Å². The summed E-state index contributed by atoms with van der Waals surface area (Å²) in [6.45, 7) is 14.0. The Morgan fingerprint density at radius 1 is 0.706 bits per heavy atom. The Morgan fingerprint density at radius 2 is 1.44 bits per heavy atom. The van der Waals surface area contributed by atoms with Gasteiger partial charge in [-0.3, -0.25) is 4.57 Å². The fraction of sp³-hybridized carbons (Fsp3) is 0.258. The summed E-state index contributed by atoms with van der Waals surface area (Å²) in [4.78, 5) is 5.38. The molecule has 0 atom stereocenters. The van der Waals surface area contributed by atoms with Gasteiger partial charge in [0.15, 0.2) is 0 Å². The average molecular weight is 440 g/mol. The number of nitrogens with zero attached hydrogens (tertiary/aromatic N) is 2. The fourth-order valence-electron chi connectivity index (χ4n) is 6.28. The highest BCUT2D eigenvalue weighted by atomic mass is 15.1. The zero-order chi connectivity index (χ0) is 23.6. The van der Waals surface area contributed by atoms with Crippen molar-refractivity contribution >= 4 is 44.9 Å². The van der Waals surface area contributed by atoms with E-state index in [0.717, 1.165) is 5.82 Å². The highest BCUT2D eigenvalue weighted by molar-refractivity contribution is 7.01. The minimum atomic E-state index is -0.0683. The van der Waals surface area contributed by atoms with Crippen LogP contribution in [-0.2, 0) is 10.8 Å². The van der Waals surface area contributed by atoms with Gasteiger partial charge in [-0.25, -0.2) is 4.98 Å². The lowest BCUT2D eigenvalue weighted by Gasteiger charge is -2.28. The summed E-state index contributed by atoms with van der Waals surface area (Å²) in [5.41, 5.74) is 12.1. The summed E-state index contributed by atoms with van der Waals surface area (Å²) < 4.78 is 2.49.